The number of benzene rings is 2. The van der Waals surface area contributed by atoms with E-state index in [0.717, 1.165) is 29.7 Å². The van der Waals surface area contributed by atoms with Gasteiger partial charge in [-0.1, -0.05) is 36.4 Å². The average molecular weight is 383 g/mol. The molecule has 1 aromatic heterocycles. The van der Waals surface area contributed by atoms with Gasteiger partial charge < -0.3 is 4.98 Å². The van der Waals surface area contributed by atoms with E-state index in [0.29, 0.717) is 12.3 Å². The topological polar surface area (TPSA) is 28.7 Å². The number of rotatable bonds is 3. The minimum Gasteiger partial charge on any atom is -0.338 e. The number of halogens is 2. The molecule has 0 fully saturated rings. The summed E-state index contributed by atoms with van der Waals surface area (Å²) in [6.45, 7) is 4.30. The Morgan fingerprint density at radius 2 is 1.93 bits per heavy atom. The van der Waals surface area contributed by atoms with Gasteiger partial charge in [0.15, 0.2) is 0 Å². The molecule has 0 amide bonds. The van der Waals surface area contributed by atoms with E-state index >= 15 is 0 Å². The molecule has 4 rings (SSSR count). The van der Waals surface area contributed by atoms with Crippen LogP contribution in [0.3, 0.4) is 0 Å². The molecule has 0 saturated heterocycles. The van der Waals surface area contributed by atoms with Gasteiger partial charge in [-0.05, 0) is 79.5 Å². The van der Waals surface area contributed by atoms with Crippen LogP contribution in [0.4, 0.5) is 4.39 Å². The molecule has 0 radical (unpaired) electrons. The lowest BCUT2D eigenvalue weighted by atomic mass is 9.93. The van der Waals surface area contributed by atoms with Crippen molar-refractivity contribution in [2.45, 2.75) is 33.1 Å². The molecule has 4 heteroatoms. The summed E-state index contributed by atoms with van der Waals surface area (Å²) >= 11 is 0. The quantitative estimate of drug-likeness (QED) is 0.522. The first-order valence-electron chi connectivity index (χ1n) is 9.19. The van der Waals surface area contributed by atoms with Crippen molar-refractivity contribution in [3.8, 4) is 11.1 Å². The molecule has 0 spiro atoms. The Balaban J connectivity index is 0.00000210. The Labute approximate surface area is 165 Å². The van der Waals surface area contributed by atoms with Crippen LogP contribution in [0.5, 0.6) is 0 Å². The van der Waals surface area contributed by atoms with E-state index in [9.17, 15) is 4.39 Å². The molecule has 3 aromatic rings. The van der Waals surface area contributed by atoms with E-state index in [2.05, 4.69) is 66.3 Å². The van der Waals surface area contributed by atoms with Crippen LogP contribution in [0.25, 0.3) is 28.2 Å². The van der Waals surface area contributed by atoms with Gasteiger partial charge in [-0.25, -0.2) is 9.37 Å². The average Bonchev–Trinajstić information content (AvgIpc) is 3.03. The number of hydrogen-bond acceptors (Lipinski definition) is 1. The van der Waals surface area contributed by atoms with E-state index in [1.165, 1.54) is 22.3 Å². The summed E-state index contributed by atoms with van der Waals surface area (Å²) < 4.78 is 13.1. The molecule has 1 aliphatic rings. The number of aromatic amines is 1. The summed E-state index contributed by atoms with van der Waals surface area (Å²) in [5.74, 6) is 1.28. The molecule has 2 aromatic carbocycles. The summed E-state index contributed by atoms with van der Waals surface area (Å²) in [6, 6.07) is 12.8. The van der Waals surface area contributed by atoms with Crippen molar-refractivity contribution in [1.82, 2.24) is 9.97 Å². The molecule has 27 heavy (non-hydrogen) atoms. The Morgan fingerprint density at radius 1 is 1.15 bits per heavy atom. The summed E-state index contributed by atoms with van der Waals surface area (Å²) in [5, 5.41) is 0. The van der Waals surface area contributed by atoms with Crippen molar-refractivity contribution in [3.05, 3.63) is 71.3 Å². The Morgan fingerprint density at radius 3 is 2.63 bits per heavy atom. The zero-order valence-corrected chi connectivity index (χ0v) is 16.4. The van der Waals surface area contributed by atoms with Crippen molar-refractivity contribution in [2.75, 3.05) is 0 Å². The van der Waals surface area contributed by atoms with Crippen molar-refractivity contribution in [3.63, 3.8) is 0 Å². The summed E-state index contributed by atoms with van der Waals surface area (Å²) in [7, 11) is 0. The minimum absolute atomic E-state index is 0. The number of nitrogens with zero attached hydrogens (tertiary/aromatic N) is 1. The van der Waals surface area contributed by atoms with Crippen LogP contribution in [0.15, 0.2) is 54.4 Å². The third kappa shape index (κ3) is 4.14. The predicted molar refractivity (Wildman–Crippen MR) is 114 cm³/mol. The SMILES string of the molecule is Cc1cccc(C)c1-c1ccc2nc(C=CC3CC=C(F)CC3)[nH]c2c1.Cl. The van der Waals surface area contributed by atoms with Gasteiger partial charge in [0.1, 0.15) is 5.82 Å². The first-order valence-corrected chi connectivity index (χ1v) is 9.19. The predicted octanol–water partition coefficient (Wildman–Crippen LogP) is 6.94. The second kappa shape index (κ2) is 8.10. The molecule has 2 nitrogen and oxygen atoms in total. The standard InChI is InChI=1S/C23H23FN2.ClH/c1-15-4-3-5-16(2)23(15)18-9-12-20-21(14-18)26-22(25-20)13-8-17-6-10-19(24)11-7-17;/h3-5,8-10,12-14,17H,6-7,11H2,1-2H3,(H,25,26);1H. The molecule has 1 aliphatic carbocycles. The molecule has 1 heterocycles. The van der Waals surface area contributed by atoms with Gasteiger partial charge in [0.05, 0.1) is 16.9 Å². The van der Waals surface area contributed by atoms with Crippen molar-refractivity contribution < 1.29 is 4.39 Å². The number of fused-ring (bicyclic) bond motifs is 1. The highest BCUT2D eigenvalue weighted by molar-refractivity contribution is 5.85. The lowest BCUT2D eigenvalue weighted by molar-refractivity contribution is 0.481. The summed E-state index contributed by atoms with van der Waals surface area (Å²) in [5.41, 5.74) is 7.06. The molecular weight excluding hydrogens is 359 g/mol. The zero-order chi connectivity index (χ0) is 18.1. The fourth-order valence-electron chi connectivity index (χ4n) is 3.76. The van der Waals surface area contributed by atoms with E-state index < -0.39 is 0 Å². The highest BCUT2D eigenvalue weighted by Crippen LogP contribution is 2.30. The fourth-order valence-corrected chi connectivity index (χ4v) is 3.76. The number of allylic oxidation sites excluding steroid dienone is 3. The van der Waals surface area contributed by atoms with Gasteiger partial charge in [-0.2, -0.15) is 0 Å². The molecule has 1 N–H and O–H groups in total. The number of aryl methyl sites for hydroxylation is 2. The first kappa shape index (κ1) is 19.4. The lowest BCUT2D eigenvalue weighted by Gasteiger charge is -2.14. The first-order chi connectivity index (χ1) is 12.6. The van der Waals surface area contributed by atoms with Crippen LogP contribution < -0.4 is 0 Å². The zero-order valence-electron chi connectivity index (χ0n) is 15.6. The van der Waals surface area contributed by atoms with Crippen LogP contribution in [0.2, 0.25) is 0 Å². The maximum absolute atomic E-state index is 13.1. The number of aromatic nitrogens is 2. The van der Waals surface area contributed by atoms with Crippen LogP contribution in [-0.4, -0.2) is 9.97 Å². The van der Waals surface area contributed by atoms with Gasteiger partial charge in [0.2, 0.25) is 0 Å². The molecule has 0 bridgehead atoms. The largest absolute Gasteiger partial charge is 0.338 e. The third-order valence-corrected chi connectivity index (χ3v) is 5.19. The number of hydrogen-bond donors (Lipinski definition) is 1. The Bertz CT molecular complexity index is 996. The lowest BCUT2D eigenvalue weighted by Crippen LogP contribution is -2.00. The fraction of sp³-hybridized carbons (Fsp3) is 0.261. The molecular formula is C23H24ClFN2. The van der Waals surface area contributed by atoms with Gasteiger partial charge >= 0.3 is 0 Å². The number of imidazole rings is 1. The molecule has 1 unspecified atom stereocenters. The molecule has 0 saturated carbocycles. The van der Waals surface area contributed by atoms with Gasteiger partial charge in [-0.3, -0.25) is 0 Å². The van der Waals surface area contributed by atoms with Crippen molar-refractivity contribution in [2.24, 2.45) is 5.92 Å². The van der Waals surface area contributed by atoms with Crippen LogP contribution in [0, 0.1) is 19.8 Å². The van der Waals surface area contributed by atoms with Gasteiger partial charge in [-0.15, -0.1) is 12.4 Å². The summed E-state index contributed by atoms with van der Waals surface area (Å²) in [4.78, 5) is 8.07. The van der Waals surface area contributed by atoms with Crippen molar-refractivity contribution in [1.29, 1.82) is 0 Å². The van der Waals surface area contributed by atoms with E-state index in [4.69, 9.17) is 0 Å². The van der Waals surface area contributed by atoms with Gasteiger partial charge in [0, 0.05) is 0 Å². The monoisotopic (exact) mass is 382 g/mol. The van der Waals surface area contributed by atoms with Crippen LogP contribution in [0.1, 0.15) is 36.2 Å². The second-order valence-corrected chi connectivity index (χ2v) is 7.17. The maximum Gasteiger partial charge on any atom is 0.130 e. The second-order valence-electron chi connectivity index (χ2n) is 7.17. The van der Waals surface area contributed by atoms with Crippen molar-refractivity contribution >= 4 is 29.5 Å². The van der Waals surface area contributed by atoms with Gasteiger partial charge in [0.25, 0.3) is 0 Å². The Kier molecular flexibility index (Phi) is 5.81. The van der Waals surface area contributed by atoms with E-state index in [1.54, 1.807) is 6.08 Å². The molecule has 0 aliphatic heterocycles. The maximum atomic E-state index is 13.1. The smallest absolute Gasteiger partial charge is 0.130 e. The van der Waals surface area contributed by atoms with E-state index in [-0.39, 0.29) is 18.2 Å². The Hall–Kier alpha value is -2.39. The highest BCUT2D eigenvalue weighted by atomic mass is 35.5. The molecule has 1 atom stereocenters. The summed E-state index contributed by atoms with van der Waals surface area (Å²) in [6.07, 6.45) is 8.07. The highest BCUT2D eigenvalue weighted by Gasteiger charge is 2.12. The van der Waals surface area contributed by atoms with Crippen LogP contribution in [-0.2, 0) is 0 Å². The van der Waals surface area contributed by atoms with Crippen LogP contribution >= 0.6 is 12.4 Å². The minimum atomic E-state index is 0. The third-order valence-electron chi connectivity index (χ3n) is 5.19. The number of H-pyrrole nitrogens is 1. The van der Waals surface area contributed by atoms with E-state index in [1.807, 2.05) is 6.08 Å². The molecule has 140 valence electrons. The normalized spacial score (nSPS) is 17.1. The number of nitrogens with one attached hydrogen (secondary N) is 1.